The van der Waals surface area contributed by atoms with Crippen LogP contribution < -0.4 is 0 Å². The summed E-state index contributed by atoms with van der Waals surface area (Å²) in [4.78, 5) is 0. The van der Waals surface area contributed by atoms with Gasteiger partial charge in [0.25, 0.3) is 0 Å². The van der Waals surface area contributed by atoms with Gasteiger partial charge in [0.05, 0.1) is 56.7 Å². The van der Waals surface area contributed by atoms with Crippen molar-refractivity contribution in [1.29, 1.82) is 10.5 Å². The molecule has 8 rings (SSSR count). The zero-order chi connectivity index (χ0) is 29.9. The molecule has 0 spiro atoms. The number of nitriles is 2. The van der Waals surface area contributed by atoms with E-state index in [2.05, 4.69) is 132 Å². The van der Waals surface area contributed by atoms with Gasteiger partial charge in [0.1, 0.15) is 0 Å². The molecule has 4 nitrogen and oxygen atoms in total. The smallest absolute Gasteiger partial charge is 0.0991 e. The molecule has 0 atom stereocenters. The highest BCUT2D eigenvalue weighted by Gasteiger charge is 2.23. The fraction of sp³-hybridized carbons (Fsp3) is 0.0500. The van der Waals surface area contributed by atoms with Crippen molar-refractivity contribution in [3.05, 3.63) is 144 Å². The van der Waals surface area contributed by atoms with E-state index in [0.29, 0.717) is 11.1 Å². The zero-order valence-electron chi connectivity index (χ0n) is 24.3. The molecule has 2 heterocycles. The molecule has 0 aliphatic heterocycles. The third kappa shape index (κ3) is 3.62. The summed E-state index contributed by atoms with van der Waals surface area (Å²) in [5.41, 5.74) is 11.3. The van der Waals surface area contributed by atoms with Crippen LogP contribution in [-0.4, -0.2) is 9.13 Å². The molecule has 0 radical (unpaired) electrons. The van der Waals surface area contributed by atoms with E-state index in [-0.39, 0.29) is 0 Å². The van der Waals surface area contributed by atoms with E-state index in [0.717, 1.165) is 55.7 Å². The van der Waals surface area contributed by atoms with Crippen LogP contribution in [0.1, 0.15) is 22.3 Å². The lowest BCUT2D eigenvalue weighted by Crippen LogP contribution is -2.06. The van der Waals surface area contributed by atoms with Gasteiger partial charge < -0.3 is 9.13 Å². The van der Waals surface area contributed by atoms with Crippen molar-refractivity contribution in [2.24, 2.45) is 0 Å². The van der Waals surface area contributed by atoms with Gasteiger partial charge in [0.15, 0.2) is 0 Å². The third-order valence-electron chi connectivity index (χ3n) is 8.76. The van der Waals surface area contributed by atoms with E-state index in [1.165, 1.54) is 21.5 Å². The van der Waals surface area contributed by atoms with Crippen LogP contribution in [0.3, 0.4) is 0 Å². The predicted octanol–water partition coefficient (Wildman–Crippen LogP) is 9.91. The highest BCUT2D eigenvalue weighted by Crippen LogP contribution is 2.43. The second kappa shape index (κ2) is 9.73. The SMILES string of the molecule is Cc1cc(C#N)cc(-c2cc(C#N)cc(C)c2-n2c3ccccc3c3ccccc32)c1-n1c2ccccc2c2ccccc21. The molecular formula is C40H26N4. The van der Waals surface area contributed by atoms with Crippen LogP contribution in [0.4, 0.5) is 0 Å². The van der Waals surface area contributed by atoms with Crippen molar-refractivity contribution in [2.45, 2.75) is 13.8 Å². The van der Waals surface area contributed by atoms with Crippen molar-refractivity contribution >= 4 is 43.6 Å². The molecule has 0 amide bonds. The molecule has 0 N–H and O–H groups in total. The first-order valence-electron chi connectivity index (χ1n) is 14.7. The second-order valence-electron chi connectivity index (χ2n) is 11.3. The Morgan fingerprint density at radius 2 is 0.727 bits per heavy atom. The molecule has 0 unspecified atom stereocenters. The van der Waals surface area contributed by atoms with Gasteiger partial charge in [-0.2, -0.15) is 10.5 Å². The quantitative estimate of drug-likeness (QED) is 0.215. The predicted molar refractivity (Wildman–Crippen MR) is 179 cm³/mol. The zero-order valence-corrected chi connectivity index (χ0v) is 24.3. The number of aryl methyl sites for hydroxylation is 2. The maximum absolute atomic E-state index is 10.2. The van der Waals surface area contributed by atoms with Crippen LogP contribution in [0.2, 0.25) is 0 Å². The average molecular weight is 563 g/mol. The number of benzene rings is 6. The monoisotopic (exact) mass is 562 g/mol. The largest absolute Gasteiger partial charge is 0.308 e. The second-order valence-corrected chi connectivity index (χ2v) is 11.3. The van der Waals surface area contributed by atoms with Gasteiger partial charge in [0, 0.05) is 32.7 Å². The molecule has 0 fully saturated rings. The van der Waals surface area contributed by atoms with E-state index in [1.54, 1.807) is 0 Å². The standard InChI is InChI=1S/C40H26N4/c1-25-19-27(23-41)21-33(39(25)43-35-15-7-3-11-29(35)30-12-4-8-16-36(30)43)34-22-28(24-42)20-26(2)40(34)44-37-17-9-5-13-31(37)32-14-6-10-18-38(32)44/h3-22H,1-2H3. The van der Waals surface area contributed by atoms with Gasteiger partial charge in [-0.3, -0.25) is 0 Å². The Balaban J connectivity index is 1.57. The lowest BCUT2D eigenvalue weighted by molar-refractivity contribution is 1.13. The number of hydrogen-bond acceptors (Lipinski definition) is 2. The number of fused-ring (bicyclic) bond motifs is 6. The van der Waals surface area contributed by atoms with E-state index in [4.69, 9.17) is 0 Å². The topological polar surface area (TPSA) is 57.4 Å². The molecular weight excluding hydrogens is 536 g/mol. The summed E-state index contributed by atoms with van der Waals surface area (Å²) in [6.45, 7) is 4.15. The van der Waals surface area contributed by atoms with Crippen LogP contribution >= 0.6 is 0 Å². The molecule has 0 aliphatic carbocycles. The number of para-hydroxylation sites is 4. The molecule has 4 heteroatoms. The fourth-order valence-corrected chi connectivity index (χ4v) is 7.02. The molecule has 0 saturated heterocycles. The molecule has 0 saturated carbocycles. The molecule has 2 aromatic heterocycles. The molecule has 0 aliphatic rings. The van der Waals surface area contributed by atoms with Crippen LogP contribution in [-0.2, 0) is 0 Å². The molecule has 8 aromatic rings. The Kier molecular flexibility index (Phi) is 5.66. The van der Waals surface area contributed by atoms with E-state index in [9.17, 15) is 10.5 Å². The number of rotatable bonds is 3. The van der Waals surface area contributed by atoms with E-state index < -0.39 is 0 Å². The summed E-state index contributed by atoms with van der Waals surface area (Å²) in [7, 11) is 0. The number of hydrogen-bond donors (Lipinski definition) is 0. The van der Waals surface area contributed by atoms with Crippen LogP contribution in [0.5, 0.6) is 0 Å². The Hall–Kier alpha value is -6.10. The highest BCUT2D eigenvalue weighted by atomic mass is 15.0. The van der Waals surface area contributed by atoms with Crippen molar-refractivity contribution < 1.29 is 0 Å². The summed E-state index contributed by atoms with van der Waals surface area (Å²) in [6, 6.07) is 46.5. The maximum atomic E-state index is 10.2. The summed E-state index contributed by atoms with van der Waals surface area (Å²) >= 11 is 0. The minimum absolute atomic E-state index is 0.579. The third-order valence-corrected chi connectivity index (χ3v) is 8.76. The summed E-state index contributed by atoms with van der Waals surface area (Å²) in [5.74, 6) is 0. The van der Waals surface area contributed by atoms with Crippen molar-refractivity contribution in [2.75, 3.05) is 0 Å². The number of nitrogens with zero attached hydrogens (tertiary/aromatic N) is 4. The normalized spacial score (nSPS) is 11.4. The Morgan fingerprint density at radius 1 is 0.432 bits per heavy atom. The summed E-state index contributed by atoms with van der Waals surface area (Å²) < 4.78 is 4.64. The first-order chi connectivity index (χ1) is 21.6. The minimum atomic E-state index is 0.579. The highest BCUT2D eigenvalue weighted by molar-refractivity contribution is 6.11. The van der Waals surface area contributed by atoms with Crippen molar-refractivity contribution in [1.82, 2.24) is 9.13 Å². The van der Waals surface area contributed by atoms with E-state index >= 15 is 0 Å². The fourth-order valence-electron chi connectivity index (χ4n) is 7.02. The van der Waals surface area contributed by atoms with Crippen LogP contribution in [0.25, 0.3) is 66.1 Å². The van der Waals surface area contributed by atoms with Gasteiger partial charge in [-0.05, 0) is 73.5 Å². The van der Waals surface area contributed by atoms with Crippen molar-refractivity contribution in [3.8, 4) is 34.6 Å². The molecule has 44 heavy (non-hydrogen) atoms. The maximum Gasteiger partial charge on any atom is 0.0991 e. The lowest BCUT2D eigenvalue weighted by atomic mass is 9.92. The molecule has 0 bridgehead atoms. The van der Waals surface area contributed by atoms with Gasteiger partial charge >= 0.3 is 0 Å². The summed E-state index contributed by atoms with van der Waals surface area (Å²) in [6.07, 6.45) is 0. The Bertz CT molecular complexity index is 2260. The molecule has 206 valence electrons. The lowest BCUT2D eigenvalue weighted by Gasteiger charge is -2.22. The van der Waals surface area contributed by atoms with E-state index in [1.807, 2.05) is 24.3 Å². The van der Waals surface area contributed by atoms with Crippen LogP contribution in [0, 0.1) is 36.5 Å². The number of aromatic nitrogens is 2. The Morgan fingerprint density at radius 3 is 1.02 bits per heavy atom. The van der Waals surface area contributed by atoms with Gasteiger partial charge in [-0.1, -0.05) is 72.8 Å². The minimum Gasteiger partial charge on any atom is -0.308 e. The van der Waals surface area contributed by atoms with Gasteiger partial charge in [-0.15, -0.1) is 0 Å². The van der Waals surface area contributed by atoms with Crippen molar-refractivity contribution in [3.63, 3.8) is 0 Å². The van der Waals surface area contributed by atoms with Gasteiger partial charge in [-0.25, -0.2) is 0 Å². The first kappa shape index (κ1) is 25.6. The Labute approximate surface area is 254 Å². The first-order valence-corrected chi connectivity index (χ1v) is 14.7. The van der Waals surface area contributed by atoms with Gasteiger partial charge in [0.2, 0.25) is 0 Å². The average Bonchev–Trinajstić information content (AvgIpc) is 3.57. The summed E-state index contributed by atoms with van der Waals surface area (Å²) in [5, 5.41) is 25.0. The molecule has 6 aromatic carbocycles. The van der Waals surface area contributed by atoms with Crippen LogP contribution in [0.15, 0.2) is 121 Å².